The molecule has 0 N–H and O–H groups in total. The number of aryl methyl sites for hydroxylation is 17. The zero-order valence-corrected chi connectivity index (χ0v) is 72.2. The maximum atomic E-state index is 5.08. The van der Waals surface area contributed by atoms with Gasteiger partial charge < -0.3 is 0 Å². The fourth-order valence-corrected chi connectivity index (χ4v) is 17.4. The maximum Gasteiger partial charge on any atom is 0.164 e. The second kappa shape index (κ2) is 43.1. The fraction of sp³-hybridized carbons (Fsp3) is 0.467. The van der Waals surface area contributed by atoms with Gasteiger partial charge in [-0.25, -0.2) is 15.0 Å². The Morgan fingerprint density at radius 1 is 0.236 bits per heavy atom. The molecule has 0 saturated carbocycles. The van der Waals surface area contributed by atoms with Crippen LogP contribution in [0.4, 0.5) is 0 Å². The van der Waals surface area contributed by atoms with Gasteiger partial charge in [-0.3, -0.25) is 0 Å². The van der Waals surface area contributed by atoms with Crippen molar-refractivity contribution in [1.29, 1.82) is 0 Å². The molecular formula is C107H141N3. The Labute approximate surface area is 670 Å². The first-order chi connectivity index (χ1) is 53.2. The smallest absolute Gasteiger partial charge is 0.164 e. The Morgan fingerprint density at radius 2 is 0.509 bits per heavy atom. The van der Waals surface area contributed by atoms with Crippen LogP contribution in [0.3, 0.4) is 0 Å². The van der Waals surface area contributed by atoms with Crippen molar-refractivity contribution >= 4 is 0 Å². The number of hydrogen-bond acceptors (Lipinski definition) is 3. The van der Waals surface area contributed by atoms with E-state index in [2.05, 4.69) is 276 Å². The fourth-order valence-electron chi connectivity index (χ4n) is 17.4. The highest BCUT2D eigenvalue weighted by molar-refractivity contribution is 5.85. The van der Waals surface area contributed by atoms with Crippen LogP contribution in [0.2, 0.25) is 0 Å². The lowest BCUT2D eigenvalue weighted by Crippen LogP contribution is -2.23. The average Bonchev–Trinajstić information content (AvgIpc) is 1.55. The highest BCUT2D eigenvalue weighted by Crippen LogP contribution is 2.54. The zero-order chi connectivity index (χ0) is 78.7. The average molecular weight is 1470 g/mol. The molecule has 1 aromatic heterocycles. The van der Waals surface area contributed by atoms with E-state index in [1.807, 2.05) is 0 Å². The molecule has 0 aliphatic heterocycles. The molecule has 1 aliphatic carbocycles. The van der Waals surface area contributed by atoms with Gasteiger partial charge in [-0.15, -0.1) is 0 Å². The highest BCUT2D eigenvalue weighted by Gasteiger charge is 2.42. The summed E-state index contributed by atoms with van der Waals surface area (Å²) < 4.78 is 0. The van der Waals surface area contributed by atoms with E-state index in [1.54, 1.807) is 11.1 Å². The Morgan fingerprint density at radius 3 is 0.845 bits per heavy atom. The van der Waals surface area contributed by atoms with Crippen LogP contribution >= 0.6 is 0 Å². The molecule has 3 heteroatoms. The van der Waals surface area contributed by atoms with Crippen molar-refractivity contribution in [2.24, 2.45) is 0 Å². The Balaban J connectivity index is 0.000000213. The minimum absolute atomic E-state index is 0.112. The lowest BCUT2D eigenvalue weighted by atomic mass is 9.72. The van der Waals surface area contributed by atoms with Gasteiger partial charge in [-0.1, -0.05) is 332 Å². The molecule has 0 atom stereocenters. The molecule has 0 unspecified atom stereocenters. The van der Waals surface area contributed by atoms with E-state index in [1.165, 1.54) is 326 Å². The van der Waals surface area contributed by atoms with E-state index in [-0.39, 0.29) is 5.41 Å². The Bertz CT molecular complexity index is 4250. The number of fused-ring (bicyclic) bond motifs is 3. The van der Waals surface area contributed by atoms with Crippen molar-refractivity contribution in [3.63, 3.8) is 0 Å². The van der Waals surface area contributed by atoms with E-state index in [0.29, 0.717) is 17.5 Å². The van der Waals surface area contributed by atoms with Gasteiger partial charge in [-0.2, -0.15) is 0 Å². The maximum absolute atomic E-state index is 5.08. The summed E-state index contributed by atoms with van der Waals surface area (Å²) in [6, 6.07) is 57.8. The monoisotopic (exact) mass is 1470 g/mol. The van der Waals surface area contributed by atoms with Gasteiger partial charge in [0.1, 0.15) is 0 Å². The molecule has 1 heterocycles. The molecule has 3 nitrogen and oxygen atoms in total. The van der Waals surface area contributed by atoms with Gasteiger partial charge in [0, 0.05) is 22.1 Å². The van der Waals surface area contributed by atoms with Crippen molar-refractivity contribution in [1.82, 2.24) is 15.0 Å². The molecule has 110 heavy (non-hydrogen) atoms. The van der Waals surface area contributed by atoms with Crippen LogP contribution in [0.25, 0.3) is 67.5 Å². The van der Waals surface area contributed by atoms with Crippen LogP contribution in [-0.2, 0) is 37.5 Å². The van der Waals surface area contributed by atoms with Crippen LogP contribution in [0.1, 0.15) is 320 Å². The number of aromatic nitrogens is 3. The first-order valence-corrected chi connectivity index (χ1v) is 43.9. The number of unbranched alkanes of at least 4 members (excludes halogenated alkanes) is 21. The van der Waals surface area contributed by atoms with Crippen molar-refractivity contribution in [3.8, 4) is 67.5 Å². The van der Waals surface area contributed by atoms with Crippen molar-refractivity contribution < 1.29 is 0 Å². The van der Waals surface area contributed by atoms with Gasteiger partial charge in [0.2, 0.25) is 0 Å². The molecule has 9 aromatic carbocycles. The molecular weight excluding hydrogens is 1330 g/mol. The van der Waals surface area contributed by atoms with Crippen molar-refractivity contribution in [2.45, 2.75) is 329 Å². The van der Waals surface area contributed by atoms with E-state index < -0.39 is 0 Å². The topological polar surface area (TPSA) is 38.7 Å². The molecule has 0 amide bonds. The second-order valence-electron chi connectivity index (χ2n) is 33.7. The van der Waals surface area contributed by atoms with Crippen LogP contribution in [0, 0.1) is 83.1 Å². The van der Waals surface area contributed by atoms with E-state index in [0.717, 1.165) is 23.1 Å². The third-order valence-electron chi connectivity index (χ3n) is 24.2. The molecule has 0 bridgehead atoms. The number of nitrogens with zero attached hydrogens (tertiary/aromatic N) is 3. The molecule has 1 aliphatic rings. The molecule has 10 aromatic rings. The normalized spacial score (nSPS) is 12.0. The van der Waals surface area contributed by atoms with Crippen molar-refractivity contribution in [3.05, 3.63) is 263 Å². The minimum Gasteiger partial charge on any atom is -0.208 e. The second-order valence-corrected chi connectivity index (χ2v) is 33.7. The summed E-state index contributed by atoms with van der Waals surface area (Å²) in [5.74, 6) is 2.06. The highest BCUT2D eigenvalue weighted by atomic mass is 15.0. The molecule has 0 fully saturated rings. The standard InChI is InChI=1S/C51H59N3.C36H48.C20H34/c1-8-9-10-11-12-13-14-15-16-17-18-41-19-21-44(22-20-41)49-52-50(45-27-23-42(24-28-45)47-37(4)31-35(2)32-38(47)5)54-51(53-49)46-29-25-43(26-30-46)48-39(6)33-36(3)34-40(48)7;1-8-10-12-14-16-29-22-30(17-15-13-11-9-2)24-31(23-29)36(7)34-20-27(5)25(3)18-32(34)33-19-26(4)28(6)21-35(33)36;1-5-7-9-11-13-19-15-18(4)20(16-17(19)3)14-12-10-8-6-2/h19-34H,8-18H2,1-7H3;18-24H,8-17H2,1-7H3;15-16H,5-14H2,1-4H3. The van der Waals surface area contributed by atoms with Crippen LogP contribution in [-0.4, -0.2) is 15.0 Å². The quantitative estimate of drug-likeness (QED) is 0.0364. The first kappa shape index (κ1) is 86.0. The largest absolute Gasteiger partial charge is 0.208 e. The lowest BCUT2D eigenvalue weighted by molar-refractivity contribution is 0.556. The third-order valence-corrected chi connectivity index (χ3v) is 24.2. The summed E-state index contributed by atoms with van der Waals surface area (Å²) in [6.45, 7) is 40.7. The summed E-state index contributed by atoms with van der Waals surface area (Å²) >= 11 is 0. The molecule has 0 radical (unpaired) electrons. The summed E-state index contributed by atoms with van der Waals surface area (Å²) in [5, 5.41) is 0. The summed E-state index contributed by atoms with van der Waals surface area (Å²) in [4.78, 5) is 15.2. The predicted molar refractivity (Wildman–Crippen MR) is 481 cm³/mol. The van der Waals surface area contributed by atoms with E-state index in [4.69, 9.17) is 15.0 Å². The molecule has 0 spiro atoms. The zero-order valence-electron chi connectivity index (χ0n) is 72.2. The van der Waals surface area contributed by atoms with Gasteiger partial charge in [-0.05, 0) is 288 Å². The minimum atomic E-state index is -0.112. The number of rotatable bonds is 37. The van der Waals surface area contributed by atoms with E-state index >= 15 is 0 Å². The van der Waals surface area contributed by atoms with E-state index in [9.17, 15) is 0 Å². The molecule has 0 saturated heterocycles. The van der Waals surface area contributed by atoms with Crippen LogP contribution in [0.5, 0.6) is 0 Å². The number of benzene rings is 9. The predicted octanol–water partition coefficient (Wildman–Crippen LogP) is 31.6. The van der Waals surface area contributed by atoms with Gasteiger partial charge in [0.25, 0.3) is 0 Å². The summed E-state index contributed by atoms with van der Waals surface area (Å²) in [5.41, 5.74) is 39.2. The summed E-state index contributed by atoms with van der Waals surface area (Å²) in [6.07, 6.45) is 41.1. The number of hydrogen-bond donors (Lipinski definition) is 0. The molecule has 584 valence electrons. The van der Waals surface area contributed by atoms with Crippen LogP contribution < -0.4 is 0 Å². The first-order valence-electron chi connectivity index (χ1n) is 43.9. The van der Waals surface area contributed by atoms with Gasteiger partial charge >= 0.3 is 0 Å². The molecule has 11 rings (SSSR count). The Hall–Kier alpha value is -8.01. The third kappa shape index (κ3) is 23.5. The van der Waals surface area contributed by atoms with Gasteiger partial charge in [0.15, 0.2) is 17.5 Å². The van der Waals surface area contributed by atoms with Crippen LogP contribution in [0.15, 0.2) is 152 Å². The van der Waals surface area contributed by atoms with Gasteiger partial charge in [0.05, 0.1) is 0 Å². The van der Waals surface area contributed by atoms with Crippen molar-refractivity contribution in [2.75, 3.05) is 0 Å². The Kier molecular flexibility index (Phi) is 33.7. The summed E-state index contributed by atoms with van der Waals surface area (Å²) in [7, 11) is 0. The SMILES string of the molecule is CCCCCCCCCCCCc1ccc(-c2nc(-c3ccc(-c4c(C)cc(C)cc4C)cc3)nc(-c3ccc(-c4c(C)cc(C)cc4C)cc3)n2)cc1.CCCCCCc1cc(C)c(CCCCCC)cc1C.CCCCCCc1cc(CCCCCC)cc(C2(C)c3cc(C)c(C)cc3-c3cc(C)c(C)cc32)c1. The lowest BCUT2D eigenvalue weighted by Gasteiger charge is -2.30.